The minimum Gasteiger partial charge on any atom is -0.733 e. The Kier molecular flexibility index (Phi) is 4.64. The molecule has 8 heteroatoms. The number of nitrogens with one attached hydrogen (secondary N) is 2. The molecule has 1 atom stereocenters. The van der Waals surface area contributed by atoms with Crippen LogP contribution in [0.25, 0.3) is 0 Å². The second-order valence-electron chi connectivity index (χ2n) is 4.66. The Labute approximate surface area is 126 Å². The molecule has 0 saturated heterocycles. The zero-order valence-corrected chi connectivity index (χ0v) is 12.1. The number of allylic oxidation sites excluding steroid dienone is 1. The number of urea groups is 1. The zero-order chi connectivity index (χ0) is 16.3. The van der Waals surface area contributed by atoms with E-state index in [1.54, 1.807) is 19.9 Å². The van der Waals surface area contributed by atoms with Crippen LogP contribution in [0.15, 0.2) is 35.5 Å². The molecule has 8 nitrogen and oxygen atoms in total. The fourth-order valence-corrected chi connectivity index (χ4v) is 2.25. The number of hydrogen-bond acceptors (Lipinski definition) is 6. The maximum atomic E-state index is 12.1. The van der Waals surface area contributed by atoms with Gasteiger partial charge < -0.3 is 25.8 Å². The molecule has 0 radical (unpaired) electrons. The fraction of sp³-hybridized carbons (Fsp3) is 0.286. The lowest BCUT2D eigenvalue weighted by molar-refractivity contribution is -0.139. The minimum absolute atomic E-state index is 0.00820. The molecule has 0 saturated carbocycles. The molecule has 0 bridgehead atoms. The van der Waals surface area contributed by atoms with Gasteiger partial charge in [-0.15, -0.1) is 0 Å². The van der Waals surface area contributed by atoms with Gasteiger partial charge in [-0.3, -0.25) is 5.21 Å². The summed E-state index contributed by atoms with van der Waals surface area (Å²) >= 11 is 0. The Bertz CT molecular complexity index is 627. The van der Waals surface area contributed by atoms with Gasteiger partial charge in [-0.1, -0.05) is 12.1 Å². The minimum atomic E-state index is -0.771. The molecule has 0 unspecified atom stereocenters. The van der Waals surface area contributed by atoms with Crippen LogP contribution in [0, 0.1) is 5.21 Å². The molecule has 0 fully saturated rings. The highest BCUT2D eigenvalue weighted by molar-refractivity contribution is 5.95. The van der Waals surface area contributed by atoms with Gasteiger partial charge in [0.1, 0.15) is 0 Å². The first kappa shape index (κ1) is 15.8. The summed E-state index contributed by atoms with van der Waals surface area (Å²) in [5, 5.41) is 24.8. The molecule has 1 aliphatic rings. The summed E-state index contributed by atoms with van der Waals surface area (Å²) in [5.41, 5.74) is 1.09. The van der Waals surface area contributed by atoms with Crippen molar-refractivity contribution in [3.63, 3.8) is 0 Å². The van der Waals surface area contributed by atoms with Gasteiger partial charge in [0.15, 0.2) is 0 Å². The van der Waals surface area contributed by atoms with E-state index in [-0.39, 0.29) is 23.1 Å². The SMILES string of the molecule is CCOC(=O)C1=C(C)NC(=O)N[C@@H]1c1cccc(N([O-])O)c1. The van der Waals surface area contributed by atoms with Crippen LogP contribution in [0.1, 0.15) is 25.5 Å². The number of anilines is 1. The lowest BCUT2D eigenvalue weighted by Gasteiger charge is -2.29. The Hall–Kier alpha value is -2.58. The highest BCUT2D eigenvalue weighted by Gasteiger charge is 2.32. The topological polar surface area (TPSA) is 114 Å². The summed E-state index contributed by atoms with van der Waals surface area (Å²) in [5.74, 6) is -0.564. The Morgan fingerprint density at radius 3 is 2.86 bits per heavy atom. The van der Waals surface area contributed by atoms with Crippen molar-refractivity contribution in [3.8, 4) is 0 Å². The van der Waals surface area contributed by atoms with Crippen LogP contribution in [0.2, 0.25) is 0 Å². The molecule has 0 aliphatic carbocycles. The lowest BCUT2D eigenvalue weighted by Crippen LogP contribution is -2.45. The van der Waals surface area contributed by atoms with Gasteiger partial charge in [0.05, 0.1) is 23.9 Å². The van der Waals surface area contributed by atoms with Gasteiger partial charge in [-0.2, -0.15) is 0 Å². The number of hydrogen-bond donors (Lipinski definition) is 3. The molecule has 2 amide bonds. The van der Waals surface area contributed by atoms with Gasteiger partial charge in [0.25, 0.3) is 0 Å². The molecule has 3 N–H and O–H groups in total. The number of amides is 2. The monoisotopic (exact) mass is 306 g/mol. The van der Waals surface area contributed by atoms with E-state index in [1.807, 2.05) is 0 Å². The number of carbonyl (C=O) groups excluding carboxylic acids is 2. The molecule has 0 aromatic heterocycles. The fourth-order valence-electron chi connectivity index (χ4n) is 2.25. The number of carbonyl (C=O) groups is 2. The molecular weight excluding hydrogens is 290 g/mol. The average molecular weight is 306 g/mol. The Morgan fingerprint density at radius 1 is 1.50 bits per heavy atom. The number of esters is 1. The smallest absolute Gasteiger partial charge is 0.338 e. The van der Waals surface area contributed by atoms with Crippen LogP contribution in [0.3, 0.4) is 0 Å². The second-order valence-corrected chi connectivity index (χ2v) is 4.66. The van der Waals surface area contributed by atoms with E-state index in [0.717, 1.165) is 0 Å². The third-order valence-electron chi connectivity index (χ3n) is 3.19. The Balaban J connectivity index is 2.45. The number of ether oxygens (including phenoxy) is 1. The molecule has 1 aliphatic heterocycles. The molecule has 1 heterocycles. The van der Waals surface area contributed by atoms with E-state index < -0.39 is 18.0 Å². The van der Waals surface area contributed by atoms with Gasteiger partial charge >= 0.3 is 12.0 Å². The summed E-state index contributed by atoms with van der Waals surface area (Å²) < 4.78 is 5.01. The first-order valence-corrected chi connectivity index (χ1v) is 6.65. The molecule has 1 aromatic carbocycles. The van der Waals surface area contributed by atoms with Gasteiger partial charge in [0, 0.05) is 5.70 Å². The highest BCUT2D eigenvalue weighted by atomic mass is 16.8. The van der Waals surface area contributed by atoms with Crippen molar-refractivity contribution in [2.24, 2.45) is 0 Å². The number of benzene rings is 1. The van der Waals surface area contributed by atoms with Crippen LogP contribution < -0.4 is 15.9 Å². The van der Waals surface area contributed by atoms with E-state index in [2.05, 4.69) is 10.6 Å². The van der Waals surface area contributed by atoms with E-state index in [4.69, 9.17) is 9.94 Å². The maximum absolute atomic E-state index is 12.1. The van der Waals surface area contributed by atoms with Crippen molar-refractivity contribution in [3.05, 3.63) is 46.3 Å². The molecule has 0 spiro atoms. The van der Waals surface area contributed by atoms with Gasteiger partial charge in [-0.25, -0.2) is 9.59 Å². The van der Waals surface area contributed by atoms with Crippen LogP contribution in [0.4, 0.5) is 10.5 Å². The predicted octanol–water partition coefficient (Wildman–Crippen LogP) is 1.57. The third kappa shape index (κ3) is 3.18. The van der Waals surface area contributed by atoms with E-state index in [1.165, 1.54) is 18.2 Å². The molecule has 1 aromatic rings. The van der Waals surface area contributed by atoms with Crippen LogP contribution >= 0.6 is 0 Å². The van der Waals surface area contributed by atoms with Crippen molar-refractivity contribution >= 4 is 17.7 Å². The number of nitrogens with zero attached hydrogens (tertiary/aromatic N) is 1. The van der Waals surface area contributed by atoms with Gasteiger partial charge in [-0.05, 0) is 31.5 Å². The summed E-state index contributed by atoms with van der Waals surface area (Å²) in [7, 11) is 0. The van der Waals surface area contributed by atoms with Crippen LogP contribution in [0.5, 0.6) is 0 Å². The number of rotatable bonds is 4. The van der Waals surface area contributed by atoms with Crippen molar-refractivity contribution in [2.45, 2.75) is 19.9 Å². The van der Waals surface area contributed by atoms with Gasteiger partial charge in [0.2, 0.25) is 0 Å². The van der Waals surface area contributed by atoms with Crippen LogP contribution in [-0.4, -0.2) is 23.8 Å². The zero-order valence-electron chi connectivity index (χ0n) is 12.1. The molecule has 2 rings (SSSR count). The van der Waals surface area contributed by atoms with Crippen LogP contribution in [-0.2, 0) is 9.53 Å². The standard InChI is InChI=1S/C14H16N3O5/c1-3-22-13(18)11-8(2)15-14(19)16-12(11)9-5-4-6-10(7-9)17(20)21/h4-7,12,20H,3H2,1-2H3,(H2,15,16,19)/q-1/t12-/m1/s1. The van der Waals surface area contributed by atoms with E-state index >= 15 is 0 Å². The highest BCUT2D eigenvalue weighted by Crippen LogP contribution is 2.29. The summed E-state index contributed by atoms with van der Waals surface area (Å²) in [6, 6.07) is 4.72. The quantitative estimate of drug-likeness (QED) is 0.574. The maximum Gasteiger partial charge on any atom is 0.338 e. The summed E-state index contributed by atoms with van der Waals surface area (Å²) in [6.07, 6.45) is 0. The van der Waals surface area contributed by atoms with E-state index in [9.17, 15) is 14.8 Å². The van der Waals surface area contributed by atoms with E-state index in [0.29, 0.717) is 11.3 Å². The molecule has 22 heavy (non-hydrogen) atoms. The van der Waals surface area contributed by atoms with Crippen molar-refractivity contribution in [2.75, 3.05) is 11.8 Å². The lowest BCUT2D eigenvalue weighted by atomic mass is 9.95. The summed E-state index contributed by atoms with van der Waals surface area (Å²) in [6.45, 7) is 3.47. The average Bonchev–Trinajstić information content (AvgIpc) is 2.46. The normalized spacial score (nSPS) is 17.6. The van der Waals surface area contributed by atoms with Crippen molar-refractivity contribution in [1.29, 1.82) is 0 Å². The second kappa shape index (κ2) is 6.46. The Morgan fingerprint density at radius 2 is 2.23 bits per heavy atom. The largest absolute Gasteiger partial charge is 0.733 e. The van der Waals surface area contributed by atoms with Crippen molar-refractivity contribution in [1.82, 2.24) is 10.6 Å². The molecular formula is C14H16N3O5-. The third-order valence-corrected chi connectivity index (χ3v) is 3.19. The summed E-state index contributed by atoms with van der Waals surface area (Å²) in [4.78, 5) is 23.8. The first-order chi connectivity index (χ1) is 10.4. The molecule has 118 valence electrons. The first-order valence-electron chi connectivity index (χ1n) is 6.65. The van der Waals surface area contributed by atoms with Crippen molar-refractivity contribution < 1.29 is 19.5 Å². The predicted molar refractivity (Wildman–Crippen MR) is 77.8 cm³/mol.